The van der Waals surface area contributed by atoms with Crippen molar-refractivity contribution in [3.05, 3.63) is 78.5 Å². The number of rotatable bonds is 13. The number of fused-ring (bicyclic) bond motifs is 1. The van der Waals surface area contributed by atoms with Crippen LogP contribution in [-0.2, 0) is 9.59 Å². The zero-order valence-electron chi connectivity index (χ0n) is 26.5. The van der Waals surface area contributed by atoms with Crippen molar-refractivity contribution in [1.82, 2.24) is 9.88 Å². The number of carbonyl (C=O) groups excluding carboxylic acids is 2. The number of hydrogen-bond donors (Lipinski definition) is 2. The van der Waals surface area contributed by atoms with E-state index in [4.69, 9.17) is 14.2 Å². The first-order valence-corrected chi connectivity index (χ1v) is 15.3. The van der Waals surface area contributed by atoms with Crippen LogP contribution in [0.4, 0.5) is 20.2 Å². The SMILES string of the molecule is CCN(CC)CCOc1cc2nccc(Oc3ccc(NC(=O)C4(C(=O)Nc5ccc(F)cc5)C(C)C4C)cc3F)c2cc1OC. The average Bonchev–Trinajstić information content (AvgIpc) is 3.61. The highest BCUT2D eigenvalue weighted by Gasteiger charge is 2.69. The van der Waals surface area contributed by atoms with Gasteiger partial charge in [-0.05, 0) is 73.5 Å². The van der Waals surface area contributed by atoms with Gasteiger partial charge in [-0.2, -0.15) is 0 Å². The third-order valence-corrected chi connectivity index (χ3v) is 8.89. The summed E-state index contributed by atoms with van der Waals surface area (Å²) in [5.41, 5.74) is -0.235. The smallest absolute Gasteiger partial charge is 0.240 e. The molecule has 2 N–H and O–H groups in total. The Kier molecular flexibility index (Phi) is 9.71. The predicted octanol–water partition coefficient (Wildman–Crippen LogP) is 6.88. The molecule has 1 aliphatic rings. The number of halogens is 2. The molecule has 0 aliphatic heterocycles. The lowest BCUT2D eigenvalue weighted by atomic mass is 9.99. The second-order valence-corrected chi connectivity index (χ2v) is 11.3. The van der Waals surface area contributed by atoms with Crippen LogP contribution in [-0.4, -0.2) is 55.0 Å². The quantitative estimate of drug-likeness (QED) is 0.155. The molecule has 5 rings (SSSR count). The number of aromatic nitrogens is 1. The normalized spacial score (nSPS) is 18.7. The van der Waals surface area contributed by atoms with Gasteiger partial charge in [-0.3, -0.25) is 14.6 Å². The Balaban J connectivity index is 1.30. The van der Waals surface area contributed by atoms with E-state index in [0.29, 0.717) is 40.4 Å². The molecular formula is C35H38F2N4O5. The molecule has 1 heterocycles. The van der Waals surface area contributed by atoms with E-state index in [9.17, 15) is 14.0 Å². The number of ether oxygens (including phenoxy) is 3. The summed E-state index contributed by atoms with van der Waals surface area (Å²) in [4.78, 5) is 33.4. The summed E-state index contributed by atoms with van der Waals surface area (Å²) in [6.45, 7) is 10.9. The average molecular weight is 633 g/mol. The van der Waals surface area contributed by atoms with Crippen LogP contribution in [0.5, 0.6) is 23.0 Å². The fourth-order valence-corrected chi connectivity index (χ4v) is 5.80. The van der Waals surface area contributed by atoms with Crippen LogP contribution >= 0.6 is 0 Å². The third-order valence-electron chi connectivity index (χ3n) is 8.89. The summed E-state index contributed by atoms with van der Waals surface area (Å²) >= 11 is 0. The van der Waals surface area contributed by atoms with Crippen molar-refractivity contribution in [2.24, 2.45) is 17.3 Å². The molecule has 46 heavy (non-hydrogen) atoms. The summed E-state index contributed by atoms with van der Waals surface area (Å²) in [7, 11) is 1.54. The summed E-state index contributed by atoms with van der Waals surface area (Å²) in [5, 5.41) is 6.00. The topological polar surface area (TPSA) is 102 Å². The van der Waals surface area contributed by atoms with Crippen LogP contribution in [0, 0.1) is 28.9 Å². The molecule has 0 radical (unpaired) electrons. The van der Waals surface area contributed by atoms with E-state index in [0.717, 1.165) is 25.7 Å². The number of carbonyl (C=O) groups is 2. The molecule has 2 amide bonds. The molecule has 0 saturated heterocycles. The standard InChI is InChI=1S/C35H38F2N4O5/c1-6-41(7-2)16-17-45-32-20-28-26(19-31(32)44-5)29(14-15-38-28)46-30-13-12-25(18-27(30)37)40-34(43)35(21(3)22(35)4)33(42)39-24-10-8-23(36)9-11-24/h8-15,18-22H,6-7,16-17H2,1-5H3,(H,39,42)(H,40,43). The molecule has 4 aromatic rings. The summed E-state index contributed by atoms with van der Waals surface area (Å²) < 4.78 is 46.2. The van der Waals surface area contributed by atoms with Gasteiger partial charge in [0.25, 0.3) is 0 Å². The van der Waals surface area contributed by atoms with Crippen molar-refractivity contribution in [3.8, 4) is 23.0 Å². The molecule has 1 aromatic heterocycles. The van der Waals surface area contributed by atoms with Crippen molar-refractivity contribution >= 4 is 34.1 Å². The van der Waals surface area contributed by atoms with Gasteiger partial charge >= 0.3 is 0 Å². The molecule has 9 nitrogen and oxygen atoms in total. The number of nitrogens with one attached hydrogen (secondary N) is 2. The van der Waals surface area contributed by atoms with Gasteiger partial charge in [0, 0.05) is 41.6 Å². The van der Waals surface area contributed by atoms with Gasteiger partial charge in [0.15, 0.2) is 23.1 Å². The van der Waals surface area contributed by atoms with Crippen molar-refractivity contribution < 1.29 is 32.6 Å². The van der Waals surface area contributed by atoms with E-state index < -0.39 is 28.9 Å². The molecule has 11 heteroatoms. The molecule has 0 spiro atoms. The van der Waals surface area contributed by atoms with Crippen LogP contribution in [0.25, 0.3) is 10.9 Å². The number of amides is 2. The summed E-state index contributed by atoms with van der Waals surface area (Å²) in [6.07, 6.45) is 1.56. The van der Waals surface area contributed by atoms with E-state index in [1.54, 1.807) is 45.4 Å². The first-order chi connectivity index (χ1) is 22.1. The molecule has 1 fully saturated rings. The first-order valence-electron chi connectivity index (χ1n) is 15.3. The Labute approximate surface area is 266 Å². The minimum atomic E-state index is -1.36. The van der Waals surface area contributed by atoms with E-state index in [2.05, 4.69) is 34.4 Å². The minimum Gasteiger partial charge on any atom is -0.493 e. The highest BCUT2D eigenvalue weighted by atomic mass is 19.1. The monoisotopic (exact) mass is 632 g/mol. The highest BCUT2D eigenvalue weighted by molar-refractivity contribution is 6.17. The van der Waals surface area contributed by atoms with Crippen LogP contribution in [0.15, 0.2) is 66.9 Å². The molecule has 2 unspecified atom stereocenters. The van der Waals surface area contributed by atoms with Gasteiger partial charge in [0.2, 0.25) is 11.8 Å². The Morgan fingerprint density at radius 3 is 2.11 bits per heavy atom. The Hall–Kier alpha value is -4.77. The van der Waals surface area contributed by atoms with Gasteiger partial charge in [-0.1, -0.05) is 27.7 Å². The second-order valence-electron chi connectivity index (χ2n) is 11.3. The number of pyridine rings is 1. The van der Waals surface area contributed by atoms with Gasteiger partial charge in [-0.15, -0.1) is 0 Å². The van der Waals surface area contributed by atoms with Crippen molar-refractivity contribution in [2.75, 3.05) is 44.0 Å². The number of nitrogens with zero attached hydrogens (tertiary/aromatic N) is 2. The fraction of sp³-hybridized carbons (Fsp3) is 0.343. The molecule has 0 bridgehead atoms. The second kappa shape index (κ2) is 13.7. The number of likely N-dealkylation sites (N-methyl/N-ethyl adjacent to an activating group) is 1. The van der Waals surface area contributed by atoms with Gasteiger partial charge in [-0.25, -0.2) is 8.78 Å². The fourth-order valence-electron chi connectivity index (χ4n) is 5.80. The van der Waals surface area contributed by atoms with Crippen molar-refractivity contribution in [3.63, 3.8) is 0 Å². The highest BCUT2D eigenvalue weighted by Crippen LogP contribution is 2.59. The molecule has 1 saturated carbocycles. The van der Waals surface area contributed by atoms with Gasteiger partial charge in [0.1, 0.15) is 23.6 Å². The Morgan fingerprint density at radius 1 is 0.848 bits per heavy atom. The molecule has 2 atom stereocenters. The summed E-state index contributed by atoms with van der Waals surface area (Å²) in [6, 6.07) is 14.5. The zero-order chi connectivity index (χ0) is 33.0. The lowest BCUT2D eigenvalue weighted by Crippen LogP contribution is -2.38. The van der Waals surface area contributed by atoms with Crippen LogP contribution in [0.1, 0.15) is 27.7 Å². The van der Waals surface area contributed by atoms with E-state index in [1.807, 2.05) is 0 Å². The van der Waals surface area contributed by atoms with Crippen LogP contribution < -0.4 is 24.8 Å². The Bertz CT molecular complexity index is 1720. The lowest BCUT2D eigenvalue weighted by Gasteiger charge is -2.19. The number of hydrogen-bond acceptors (Lipinski definition) is 7. The van der Waals surface area contributed by atoms with E-state index in [1.165, 1.54) is 36.4 Å². The molecule has 1 aliphatic carbocycles. The number of methoxy groups -OCH3 is 1. The maximum Gasteiger partial charge on any atom is 0.240 e. The van der Waals surface area contributed by atoms with Crippen molar-refractivity contribution in [2.45, 2.75) is 27.7 Å². The minimum absolute atomic E-state index is 0.0686. The van der Waals surface area contributed by atoms with E-state index >= 15 is 4.39 Å². The van der Waals surface area contributed by atoms with Crippen molar-refractivity contribution in [1.29, 1.82) is 0 Å². The largest absolute Gasteiger partial charge is 0.493 e. The number of benzene rings is 3. The summed E-state index contributed by atoms with van der Waals surface area (Å²) in [5.74, 6) is -1.41. The van der Waals surface area contributed by atoms with Gasteiger partial charge in [0.05, 0.1) is 12.6 Å². The zero-order valence-corrected chi connectivity index (χ0v) is 26.5. The van der Waals surface area contributed by atoms with Crippen LogP contribution in [0.3, 0.4) is 0 Å². The first kappa shape index (κ1) is 32.6. The van der Waals surface area contributed by atoms with E-state index in [-0.39, 0.29) is 23.3 Å². The van der Waals surface area contributed by atoms with Crippen LogP contribution in [0.2, 0.25) is 0 Å². The molecule has 242 valence electrons. The predicted molar refractivity (Wildman–Crippen MR) is 172 cm³/mol. The third kappa shape index (κ3) is 6.46. The lowest BCUT2D eigenvalue weighted by molar-refractivity contribution is -0.132. The van der Waals surface area contributed by atoms with Gasteiger partial charge < -0.3 is 29.7 Å². The Morgan fingerprint density at radius 2 is 1.50 bits per heavy atom. The maximum absolute atomic E-state index is 15.4. The molecular weight excluding hydrogens is 594 g/mol. The molecule has 3 aromatic carbocycles. The number of anilines is 2. The maximum atomic E-state index is 15.4.